The van der Waals surface area contributed by atoms with Gasteiger partial charge in [-0.2, -0.15) is 22.5 Å². The summed E-state index contributed by atoms with van der Waals surface area (Å²) in [5, 5.41) is 9.30. The minimum atomic E-state index is -4.61. The molecule has 0 bridgehead atoms. The molecule has 2 rings (SSSR count). The lowest BCUT2D eigenvalue weighted by atomic mass is 9.89. The third-order valence-electron chi connectivity index (χ3n) is 3.25. The summed E-state index contributed by atoms with van der Waals surface area (Å²) in [6.07, 6.45) is -2.78. The van der Waals surface area contributed by atoms with E-state index < -0.39 is 23.5 Å². The van der Waals surface area contributed by atoms with E-state index in [1.54, 1.807) is 0 Å². The van der Waals surface area contributed by atoms with Gasteiger partial charge in [0.1, 0.15) is 5.54 Å². The van der Waals surface area contributed by atoms with Gasteiger partial charge in [-0.25, -0.2) is 4.79 Å². The molecule has 9 heteroatoms. The van der Waals surface area contributed by atoms with Gasteiger partial charge in [0.15, 0.2) is 0 Å². The molecule has 1 saturated heterocycles. The van der Waals surface area contributed by atoms with E-state index in [9.17, 15) is 23.1 Å². The van der Waals surface area contributed by atoms with Gasteiger partial charge >= 0.3 is 12.1 Å². The van der Waals surface area contributed by atoms with E-state index in [0.717, 1.165) is 12.8 Å². The molecule has 0 spiro atoms. The molecule has 2 heterocycles. The lowest BCUT2D eigenvalue weighted by Gasteiger charge is -2.41. The second-order valence-electron chi connectivity index (χ2n) is 4.59. The number of hydrogen-bond donors (Lipinski definition) is 1. The zero-order valence-electron chi connectivity index (χ0n) is 10.1. The lowest BCUT2D eigenvalue weighted by molar-refractivity contribution is -0.144. The van der Waals surface area contributed by atoms with Crippen molar-refractivity contribution in [3.05, 3.63) is 5.82 Å². The Balaban J connectivity index is 2.33. The number of alkyl halides is 3. The summed E-state index contributed by atoms with van der Waals surface area (Å²) in [6, 6.07) is 0. The summed E-state index contributed by atoms with van der Waals surface area (Å²) in [6.45, 7) is 1.87. The van der Waals surface area contributed by atoms with Crippen LogP contribution in [0.1, 0.15) is 32.0 Å². The number of aromatic nitrogens is 2. The predicted molar refractivity (Wildman–Crippen MR) is 62.1 cm³/mol. The maximum Gasteiger partial charge on any atom is 0.452 e. The van der Waals surface area contributed by atoms with Crippen molar-refractivity contribution < 1.29 is 23.1 Å². The third kappa shape index (κ3) is 2.51. The van der Waals surface area contributed by atoms with Crippen LogP contribution in [0.2, 0.25) is 0 Å². The van der Waals surface area contributed by atoms with Gasteiger partial charge in [0.2, 0.25) is 11.0 Å². The number of nitrogens with zero attached hydrogens (tertiary/aromatic N) is 3. The molecule has 19 heavy (non-hydrogen) atoms. The first-order valence-electron chi connectivity index (χ1n) is 5.67. The molecule has 0 radical (unpaired) electrons. The summed E-state index contributed by atoms with van der Waals surface area (Å²) in [7, 11) is 0. The number of carboxylic acid groups (broad SMARTS) is 1. The fourth-order valence-electron chi connectivity index (χ4n) is 2.09. The molecule has 0 saturated carbocycles. The van der Waals surface area contributed by atoms with E-state index in [1.807, 2.05) is 0 Å². The average Bonchev–Trinajstić information content (AvgIpc) is 2.78. The molecule has 1 aliphatic rings. The highest BCUT2D eigenvalue weighted by Crippen LogP contribution is 2.36. The fraction of sp³-hybridized carbons (Fsp3) is 0.700. The Hall–Kier alpha value is -1.38. The first-order valence-corrected chi connectivity index (χ1v) is 6.44. The molecule has 1 atom stereocenters. The smallest absolute Gasteiger partial charge is 0.452 e. The Morgan fingerprint density at radius 1 is 1.47 bits per heavy atom. The SMILES string of the molecule is CC1(C(=O)O)CCCCN1c1nc(C(F)(F)F)ns1. The van der Waals surface area contributed by atoms with Crippen molar-refractivity contribution in [3.63, 3.8) is 0 Å². The van der Waals surface area contributed by atoms with Gasteiger partial charge in [0, 0.05) is 18.1 Å². The molecule has 0 amide bonds. The highest BCUT2D eigenvalue weighted by Gasteiger charge is 2.44. The van der Waals surface area contributed by atoms with Crippen LogP contribution in [0, 0.1) is 0 Å². The quantitative estimate of drug-likeness (QED) is 0.907. The second kappa shape index (κ2) is 4.62. The van der Waals surface area contributed by atoms with Crippen molar-refractivity contribution in [3.8, 4) is 0 Å². The van der Waals surface area contributed by atoms with Crippen molar-refractivity contribution in [1.29, 1.82) is 0 Å². The number of aliphatic carboxylic acids is 1. The van der Waals surface area contributed by atoms with Crippen LogP contribution >= 0.6 is 11.5 Å². The summed E-state index contributed by atoms with van der Waals surface area (Å²) in [5.41, 5.74) is -1.22. The van der Waals surface area contributed by atoms with E-state index >= 15 is 0 Å². The van der Waals surface area contributed by atoms with E-state index in [0.29, 0.717) is 24.5 Å². The standard InChI is InChI=1S/C10H12F3N3O2S/c1-9(7(17)18)4-2-3-5-16(9)8-14-6(15-19-8)10(11,12)13/h2-5H2,1H3,(H,17,18). The van der Waals surface area contributed by atoms with Gasteiger partial charge in [-0.05, 0) is 26.2 Å². The fourth-order valence-corrected chi connectivity index (χ4v) is 2.92. The molecule has 1 N–H and O–H groups in total. The van der Waals surface area contributed by atoms with E-state index in [2.05, 4.69) is 9.36 Å². The van der Waals surface area contributed by atoms with Crippen LogP contribution in [0.5, 0.6) is 0 Å². The van der Waals surface area contributed by atoms with Crippen LogP contribution in [-0.2, 0) is 11.0 Å². The molecule has 1 aromatic rings. The van der Waals surface area contributed by atoms with Gasteiger partial charge in [-0.1, -0.05) is 0 Å². The first-order chi connectivity index (χ1) is 8.75. The number of piperidine rings is 1. The molecule has 1 aromatic heterocycles. The van der Waals surface area contributed by atoms with Crippen LogP contribution in [-0.4, -0.2) is 32.5 Å². The number of carboxylic acids is 1. The molecule has 1 aliphatic heterocycles. The van der Waals surface area contributed by atoms with Crippen molar-refractivity contribution in [2.24, 2.45) is 0 Å². The number of anilines is 1. The molecular weight excluding hydrogens is 283 g/mol. The molecule has 5 nitrogen and oxygen atoms in total. The lowest BCUT2D eigenvalue weighted by Crippen LogP contribution is -2.55. The zero-order valence-corrected chi connectivity index (χ0v) is 10.9. The zero-order chi connectivity index (χ0) is 14.3. The van der Waals surface area contributed by atoms with Gasteiger partial charge < -0.3 is 10.0 Å². The predicted octanol–water partition coefficient (Wildman–Crippen LogP) is 2.39. The van der Waals surface area contributed by atoms with Crippen molar-refractivity contribution in [1.82, 2.24) is 9.36 Å². The molecule has 0 aromatic carbocycles. The Labute approximate surface area is 111 Å². The summed E-state index contributed by atoms with van der Waals surface area (Å²) < 4.78 is 40.7. The van der Waals surface area contributed by atoms with Gasteiger partial charge in [-0.3, -0.25) is 0 Å². The summed E-state index contributed by atoms with van der Waals surface area (Å²) in [5.74, 6) is -2.28. The molecule has 1 fully saturated rings. The number of hydrogen-bond acceptors (Lipinski definition) is 5. The molecule has 106 valence electrons. The third-order valence-corrected chi connectivity index (χ3v) is 3.99. The van der Waals surface area contributed by atoms with Crippen LogP contribution in [0.4, 0.5) is 18.3 Å². The molecule has 0 aliphatic carbocycles. The van der Waals surface area contributed by atoms with E-state index in [1.165, 1.54) is 11.8 Å². The molecule has 1 unspecified atom stereocenters. The van der Waals surface area contributed by atoms with Crippen molar-refractivity contribution in [2.45, 2.75) is 37.9 Å². The number of rotatable bonds is 2. The largest absolute Gasteiger partial charge is 0.480 e. The minimum Gasteiger partial charge on any atom is -0.480 e. The highest BCUT2D eigenvalue weighted by molar-refractivity contribution is 7.09. The van der Waals surface area contributed by atoms with Gasteiger partial charge in [-0.15, -0.1) is 0 Å². The monoisotopic (exact) mass is 295 g/mol. The summed E-state index contributed by atoms with van der Waals surface area (Å²) in [4.78, 5) is 16.2. The van der Waals surface area contributed by atoms with Crippen LogP contribution in [0.3, 0.4) is 0 Å². The van der Waals surface area contributed by atoms with Crippen LogP contribution < -0.4 is 4.90 Å². The average molecular weight is 295 g/mol. The maximum absolute atomic E-state index is 12.5. The van der Waals surface area contributed by atoms with Crippen LogP contribution in [0.15, 0.2) is 0 Å². The Kier molecular flexibility index (Phi) is 3.41. The Morgan fingerprint density at radius 3 is 2.68 bits per heavy atom. The first kappa shape index (κ1) is 14.0. The Bertz CT molecular complexity index is 491. The number of halogens is 3. The summed E-state index contributed by atoms with van der Waals surface area (Å²) >= 11 is 0.584. The maximum atomic E-state index is 12.5. The number of carbonyl (C=O) groups is 1. The van der Waals surface area contributed by atoms with Gasteiger partial charge in [0.05, 0.1) is 0 Å². The Morgan fingerprint density at radius 2 is 2.16 bits per heavy atom. The van der Waals surface area contributed by atoms with E-state index in [-0.39, 0.29) is 5.13 Å². The second-order valence-corrected chi connectivity index (χ2v) is 5.32. The normalized spacial score (nSPS) is 24.5. The van der Waals surface area contributed by atoms with Crippen molar-refractivity contribution >= 4 is 22.6 Å². The van der Waals surface area contributed by atoms with Crippen LogP contribution in [0.25, 0.3) is 0 Å². The molecular formula is C10H12F3N3O2S. The topological polar surface area (TPSA) is 66.3 Å². The van der Waals surface area contributed by atoms with Crippen molar-refractivity contribution in [2.75, 3.05) is 11.4 Å². The minimum absolute atomic E-state index is 0.0110. The highest BCUT2D eigenvalue weighted by atomic mass is 32.1. The van der Waals surface area contributed by atoms with Gasteiger partial charge in [0.25, 0.3) is 0 Å². The van der Waals surface area contributed by atoms with E-state index in [4.69, 9.17) is 0 Å².